The van der Waals surface area contributed by atoms with Gasteiger partial charge in [0.25, 0.3) is 0 Å². The van der Waals surface area contributed by atoms with Crippen LogP contribution < -0.4 is 5.32 Å². The summed E-state index contributed by atoms with van der Waals surface area (Å²) in [5.74, 6) is 0.997. The lowest BCUT2D eigenvalue weighted by molar-refractivity contribution is 0.473. The highest BCUT2D eigenvalue weighted by Crippen LogP contribution is 2.19. The fourth-order valence-corrected chi connectivity index (χ4v) is 1.22. The van der Waals surface area contributed by atoms with Crippen molar-refractivity contribution in [2.24, 2.45) is 0 Å². The van der Waals surface area contributed by atoms with E-state index in [1.807, 2.05) is 23.9 Å². The van der Waals surface area contributed by atoms with E-state index in [9.17, 15) is 0 Å². The maximum Gasteiger partial charge on any atom is 0.117 e. The van der Waals surface area contributed by atoms with Crippen molar-refractivity contribution in [3.63, 3.8) is 0 Å². The molecule has 0 atom stereocenters. The lowest BCUT2D eigenvalue weighted by Crippen LogP contribution is -2.31. The summed E-state index contributed by atoms with van der Waals surface area (Å²) in [5, 5.41) is 3.36. The molecule has 74 valence electrons. The van der Waals surface area contributed by atoms with Gasteiger partial charge in [-0.1, -0.05) is 0 Å². The van der Waals surface area contributed by atoms with Crippen LogP contribution in [-0.2, 0) is 6.54 Å². The van der Waals surface area contributed by atoms with Crippen LogP contribution in [0.4, 0.5) is 0 Å². The fraction of sp³-hybridized carbons (Fsp3) is 0.600. The third kappa shape index (κ3) is 3.87. The SMILES string of the molecule is CSC(C)(C)CNCc1ccco1. The Morgan fingerprint density at radius 1 is 1.54 bits per heavy atom. The summed E-state index contributed by atoms with van der Waals surface area (Å²) in [7, 11) is 0. The van der Waals surface area contributed by atoms with E-state index in [2.05, 4.69) is 25.4 Å². The van der Waals surface area contributed by atoms with Gasteiger partial charge in [0.2, 0.25) is 0 Å². The Morgan fingerprint density at radius 3 is 2.85 bits per heavy atom. The average molecular weight is 199 g/mol. The van der Waals surface area contributed by atoms with E-state index >= 15 is 0 Å². The van der Waals surface area contributed by atoms with Crippen LogP contribution in [0, 0.1) is 0 Å². The highest BCUT2D eigenvalue weighted by Gasteiger charge is 2.14. The highest BCUT2D eigenvalue weighted by molar-refractivity contribution is 7.99. The molecule has 0 aliphatic heterocycles. The number of furan rings is 1. The van der Waals surface area contributed by atoms with Crippen molar-refractivity contribution in [1.82, 2.24) is 5.32 Å². The molecule has 1 aromatic heterocycles. The van der Waals surface area contributed by atoms with Crippen molar-refractivity contribution >= 4 is 11.8 Å². The molecule has 0 aromatic carbocycles. The third-order valence-electron chi connectivity index (χ3n) is 1.98. The van der Waals surface area contributed by atoms with Gasteiger partial charge in [-0.2, -0.15) is 11.8 Å². The maximum atomic E-state index is 5.21. The topological polar surface area (TPSA) is 25.2 Å². The lowest BCUT2D eigenvalue weighted by atomic mass is 10.2. The second-order valence-corrected chi connectivity index (χ2v) is 5.16. The van der Waals surface area contributed by atoms with Crippen molar-refractivity contribution in [3.8, 4) is 0 Å². The molecule has 0 saturated carbocycles. The van der Waals surface area contributed by atoms with Gasteiger partial charge in [-0.25, -0.2) is 0 Å². The van der Waals surface area contributed by atoms with Crippen LogP contribution in [-0.4, -0.2) is 17.5 Å². The Kier molecular flexibility index (Phi) is 3.88. The zero-order valence-electron chi connectivity index (χ0n) is 8.46. The van der Waals surface area contributed by atoms with E-state index in [0.717, 1.165) is 18.8 Å². The Hall–Kier alpha value is -0.410. The Labute approximate surface area is 84.1 Å². The fourth-order valence-electron chi connectivity index (χ4n) is 0.972. The molecule has 2 nitrogen and oxygen atoms in total. The molecule has 3 heteroatoms. The van der Waals surface area contributed by atoms with Crippen LogP contribution in [0.1, 0.15) is 19.6 Å². The van der Waals surface area contributed by atoms with Crippen molar-refractivity contribution in [2.75, 3.05) is 12.8 Å². The molecule has 0 amide bonds. The molecule has 0 aliphatic rings. The van der Waals surface area contributed by atoms with Crippen LogP contribution in [0.2, 0.25) is 0 Å². The van der Waals surface area contributed by atoms with Gasteiger partial charge in [0.1, 0.15) is 5.76 Å². The van der Waals surface area contributed by atoms with Gasteiger partial charge in [-0.05, 0) is 32.2 Å². The van der Waals surface area contributed by atoms with Crippen LogP contribution in [0.25, 0.3) is 0 Å². The van der Waals surface area contributed by atoms with E-state index in [1.165, 1.54) is 0 Å². The summed E-state index contributed by atoms with van der Waals surface area (Å²) in [4.78, 5) is 0. The van der Waals surface area contributed by atoms with Gasteiger partial charge in [0.05, 0.1) is 12.8 Å². The lowest BCUT2D eigenvalue weighted by Gasteiger charge is -2.21. The monoisotopic (exact) mass is 199 g/mol. The van der Waals surface area contributed by atoms with E-state index in [0.29, 0.717) is 4.75 Å². The number of thioether (sulfide) groups is 1. The summed E-state index contributed by atoms with van der Waals surface area (Å²) < 4.78 is 5.51. The molecule has 1 heterocycles. The predicted molar refractivity (Wildman–Crippen MR) is 58.0 cm³/mol. The van der Waals surface area contributed by atoms with Crippen molar-refractivity contribution < 1.29 is 4.42 Å². The molecule has 0 radical (unpaired) electrons. The maximum absolute atomic E-state index is 5.21. The minimum atomic E-state index is 0.298. The highest BCUT2D eigenvalue weighted by atomic mass is 32.2. The molecule has 0 fully saturated rings. The molecule has 1 aromatic rings. The second kappa shape index (κ2) is 4.72. The van der Waals surface area contributed by atoms with Crippen molar-refractivity contribution in [1.29, 1.82) is 0 Å². The number of hydrogen-bond acceptors (Lipinski definition) is 3. The summed E-state index contributed by atoms with van der Waals surface area (Å²) in [6, 6.07) is 3.90. The summed E-state index contributed by atoms with van der Waals surface area (Å²) in [6.07, 6.45) is 3.84. The van der Waals surface area contributed by atoms with Gasteiger partial charge >= 0.3 is 0 Å². The molecule has 0 spiro atoms. The third-order valence-corrected chi connectivity index (χ3v) is 3.23. The Balaban J connectivity index is 2.21. The molecule has 13 heavy (non-hydrogen) atoms. The summed E-state index contributed by atoms with van der Waals surface area (Å²) in [6.45, 7) is 6.27. The molecule has 1 N–H and O–H groups in total. The first-order valence-corrected chi connectivity index (χ1v) is 5.65. The van der Waals surface area contributed by atoms with E-state index < -0.39 is 0 Å². The zero-order valence-corrected chi connectivity index (χ0v) is 9.28. The average Bonchev–Trinajstić information content (AvgIpc) is 2.57. The second-order valence-electron chi connectivity index (χ2n) is 3.65. The molecule has 0 bridgehead atoms. The molecule has 0 aliphatic carbocycles. The zero-order chi connectivity index (χ0) is 9.73. The van der Waals surface area contributed by atoms with Crippen molar-refractivity contribution in [3.05, 3.63) is 24.2 Å². The van der Waals surface area contributed by atoms with Gasteiger partial charge in [-0.15, -0.1) is 0 Å². The molecular weight excluding hydrogens is 182 g/mol. The van der Waals surface area contributed by atoms with E-state index in [-0.39, 0.29) is 0 Å². The van der Waals surface area contributed by atoms with E-state index in [4.69, 9.17) is 4.42 Å². The number of nitrogens with one attached hydrogen (secondary N) is 1. The van der Waals surface area contributed by atoms with Gasteiger partial charge < -0.3 is 9.73 Å². The minimum absolute atomic E-state index is 0.298. The largest absolute Gasteiger partial charge is 0.468 e. The van der Waals surface area contributed by atoms with Crippen LogP contribution in [0.5, 0.6) is 0 Å². The number of rotatable bonds is 5. The number of hydrogen-bond donors (Lipinski definition) is 1. The van der Waals surface area contributed by atoms with Gasteiger partial charge in [0.15, 0.2) is 0 Å². The molecule has 1 rings (SSSR count). The summed E-state index contributed by atoms with van der Waals surface area (Å²) >= 11 is 1.87. The summed E-state index contributed by atoms with van der Waals surface area (Å²) in [5.41, 5.74) is 0. The predicted octanol–water partition coefficient (Wildman–Crippen LogP) is 2.51. The first-order chi connectivity index (χ1) is 6.14. The molecule has 0 saturated heterocycles. The minimum Gasteiger partial charge on any atom is -0.468 e. The first kappa shape index (κ1) is 10.7. The van der Waals surface area contributed by atoms with Gasteiger partial charge in [-0.3, -0.25) is 0 Å². The van der Waals surface area contributed by atoms with Crippen LogP contribution in [0.3, 0.4) is 0 Å². The molecule has 0 unspecified atom stereocenters. The molecular formula is C10H17NOS. The quantitative estimate of drug-likeness (QED) is 0.789. The Bertz CT molecular complexity index is 231. The normalized spacial score (nSPS) is 11.9. The van der Waals surface area contributed by atoms with Crippen LogP contribution in [0.15, 0.2) is 22.8 Å². The van der Waals surface area contributed by atoms with E-state index in [1.54, 1.807) is 6.26 Å². The standard InChI is InChI=1S/C10H17NOS/c1-10(2,13-3)8-11-7-9-5-4-6-12-9/h4-6,11H,7-8H2,1-3H3. The van der Waals surface area contributed by atoms with Crippen LogP contribution >= 0.6 is 11.8 Å². The Morgan fingerprint density at radius 2 is 2.31 bits per heavy atom. The smallest absolute Gasteiger partial charge is 0.117 e. The van der Waals surface area contributed by atoms with Crippen molar-refractivity contribution in [2.45, 2.75) is 25.1 Å². The first-order valence-electron chi connectivity index (χ1n) is 4.42. The van der Waals surface area contributed by atoms with Gasteiger partial charge in [0, 0.05) is 11.3 Å².